The van der Waals surface area contributed by atoms with Gasteiger partial charge in [-0.15, -0.1) is 0 Å². The number of hydrogen-bond donors (Lipinski definition) is 2. The summed E-state index contributed by atoms with van der Waals surface area (Å²) in [6, 6.07) is 0. The highest BCUT2D eigenvalue weighted by atomic mass is 16.3. The first-order chi connectivity index (χ1) is 12.8. The lowest BCUT2D eigenvalue weighted by Crippen LogP contribution is -1.84. The predicted octanol–water partition coefficient (Wildman–Crippen LogP) is 6.97. The Morgan fingerprint density at radius 3 is 0.704 bits per heavy atom. The molecular formula is C24H54O3. The molecule has 0 atom stereocenters. The fourth-order valence-corrected chi connectivity index (χ4v) is 3.20. The van der Waals surface area contributed by atoms with Crippen LogP contribution in [0.15, 0.2) is 0 Å². The van der Waals surface area contributed by atoms with Gasteiger partial charge < -0.3 is 15.7 Å². The van der Waals surface area contributed by atoms with E-state index in [1.54, 1.807) is 0 Å². The van der Waals surface area contributed by atoms with Crippen LogP contribution in [0.5, 0.6) is 0 Å². The lowest BCUT2D eigenvalue weighted by molar-refractivity contribution is 0.282. The molecule has 0 unspecified atom stereocenters. The first-order valence-corrected chi connectivity index (χ1v) is 12.0. The van der Waals surface area contributed by atoms with Gasteiger partial charge in [0.05, 0.1) is 0 Å². The van der Waals surface area contributed by atoms with Gasteiger partial charge in [0.2, 0.25) is 0 Å². The quantitative estimate of drug-likeness (QED) is 0.220. The molecule has 0 bridgehead atoms. The van der Waals surface area contributed by atoms with Crippen molar-refractivity contribution in [3.8, 4) is 0 Å². The van der Waals surface area contributed by atoms with E-state index in [1.165, 1.54) is 116 Å². The fraction of sp³-hybridized carbons (Fsp3) is 1.00. The summed E-state index contributed by atoms with van der Waals surface area (Å²) in [5.74, 6) is 0. The van der Waals surface area contributed by atoms with E-state index in [1.807, 2.05) is 0 Å². The monoisotopic (exact) mass is 390 g/mol. The summed E-state index contributed by atoms with van der Waals surface area (Å²) < 4.78 is 0. The normalized spacial score (nSPS) is 10.2. The fourth-order valence-electron chi connectivity index (χ4n) is 3.20. The molecule has 0 spiro atoms. The Hall–Kier alpha value is -0.120. The van der Waals surface area contributed by atoms with Crippen LogP contribution in [-0.2, 0) is 0 Å². The zero-order chi connectivity index (χ0) is 19.6. The molecule has 4 N–H and O–H groups in total. The average Bonchev–Trinajstić information content (AvgIpc) is 2.66. The Labute approximate surface area is 171 Å². The Morgan fingerprint density at radius 2 is 0.519 bits per heavy atom. The van der Waals surface area contributed by atoms with Crippen LogP contribution in [0.25, 0.3) is 0 Å². The highest BCUT2D eigenvalue weighted by molar-refractivity contribution is 4.47. The third-order valence-electron chi connectivity index (χ3n) is 5.02. The van der Waals surface area contributed by atoms with Gasteiger partial charge in [0.15, 0.2) is 0 Å². The summed E-state index contributed by atoms with van der Waals surface area (Å²) >= 11 is 0. The van der Waals surface area contributed by atoms with E-state index in [-0.39, 0.29) is 5.48 Å². The van der Waals surface area contributed by atoms with Crippen molar-refractivity contribution in [2.75, 3.05) is 13.2 Å². The molecule has 168 valence electrons. The molecule has 0 aromatic heterocycles. The summed E-state index contributed by atoms with van der Waals surface area (Å²) in [6.45, 7) is 5.26. The minimum Gasteiger partial charge on any atom is -0.412 e. The van der Waals surface area contributed by atoms with Gasteiger partial charge in [-0.3, -0.25) is 0 Å². The van der Waals surface area contributed by atoms with Crippen molar-refractivity contribution in [3.63, 3.8) is 0 Å². The summed E-state index contributed by atoms with van der Waals surface area (Å²) in [5, 5.41) is 17.1. The molecule has 27 heavy (non-hydrogen) atoms. The first kappa shape index (κ1) is 31.6. The molecule has 0 fully saturated rings. The van der Waals surface area contributed by atoms with E-state index >= 15 is 0 Å². The van der Waals surface area contributed by atoms with Crippen LogP contribution in [-0.4, -0.2) is 28.9 Å². The van der Waals surface area contributed by atoms with E-state index < -0.39 is 0 Å². The minimum absolute atomic E-state index is 0. The van der Waals surface area contributed by atoms with E-state index in [2.05, 4.69) is 13.8 Å². The summed E-state index contributed by atoms with van der Waals surface area (Å²) in [7, 11) is 0. The van der Waals surface area contributed by atoms with E-state index in [0.29, 0.717) is 13.2 Å². The molecule has 0 heterocycles. The maximum Gasteiger partial charge on any atom is 0.0431 e. The molecule has 3 heteroatoms. The van der Waals surface area contributed by atoms with Crippen molar-refractivity contribution in [1.29, 1.82) is 0 Å². The largest absolute Gasteiger partial charge is 0.412 e. The van der Waals surface area contributed by atoms with Gasteiger partial charge in [0.25, 0.3) is 0 Å². The van der Waals surface area contributed by atoms with Gasteiger partial charge in [-0.2, -0.15) is 0 Å². The molecule has 0 saturated heterocycles. The van der Waals surface area contributed by atoms with Crippen molar-refractivity contribution in [1.82, 2.24) is 0 Å². The molecule has 0 saturated carbocycles. The van der Waals surface area contributed by atoms with Crippen LogP contribution >= 0.6 is 0 Å². The predicted molar refractivity (Wildman–Crippen MR) is 121 cm³/mol. The molecule has 0 aliphatic rings. The Morgan fingerprint density at radius 1 is 0.333 bits per heavy atom. The van der Waals surface area contributed by atoms with Crippen molar-refractivity contribution in [3.05, 3.63) is 0 Å². The molecule has 0 rings (SSSR count). The molecule has 0 aromatic carbocycles. The topological polar surface area (TPSA) is 72.0 Å². The lowest BCUT2D eigenvalue weighted by atomic mass is 10.1. The van der Waals surface area contributed by atoms with E-state index in [0.717, 1.165) is 12.8 Å². The Balaban J connectivity index is -0.000000411. The second-order valence-electron chi connectivity index (χ2n) is 7.81. The highest BCUT2D eigenvalue weighted by Gasteiger charge is 1.92. The van der Waals surface area contributed by atoms with Crippen molar-refractivity contribution in [2.45, 2.75) is 142 Å². The zero-order valence-electron chi connectivity index (χ0n) is 19.0. The summed E-state index contributed by atoms with van der Waals surface area (Å²) in [5.41, 5.74) is 0. The molecule has 3 nitrogen and oxygen atoms in total. The van der Waals surface area contributed by atoms with Crippen LogP contribution in [0.3, 0.4) is 0 Å². The van der Waals surface area contributed by atoms with Gasteiger partial charge in [-0.05, 0) is 12.8 Å². The number of aliphatic hydroxyl groups is 2. The molecule has 0 aliphatic heterocycles. The van der Waals surface area contributed by atoms with Crippen LogP contribution in [0, 0.1) is 0 Å². The maximum atomic E-state index is 8.57. The summed E-state index contributed by atoms with van der Waals surface area (Å²) in [6.07, 6.45) is 26.6. The third-order valence-corrected chi connectivity index (χ3v) is 5.02. The molecular weight excluding hydrogens is 336 g/mol. The smallest absolute Gasteiger partial charge is 0.0431 e. The van der Waals surface area contributed by atoms with Gasteiger partial charge in [-0.1, -0.05) is 129 Å². The molecule has 0 aromatic rings. The minimum atomic E-state index is 0. The second-order valence-corrected chi connectivity index (χ2v) is 7.81. The average molecular weight is 391 g/mol. The van der Waals surface area contributed by atoms with Gasteiger partial charge in [-0.25, -0.2) is 0 Å². The molecule has 0 aliphatic carbocycles. The van der Waals surface area contributed by atoms with Crippen LogP contribution in [0.1, 0.15) is 142 Å². The lowest BCUT2D eigenvalue weighted by Gasteiger charge is -2.00. The maximum absolute atomic E-state index is 8.57. The van der Waals surface area contributed by atoms with Crippen molar-refractivity contribution < 1.29 is 15.7 Å². The number of unbranched alkanes of at least 4 members (excludes halogenated alkanes) is 18. The molecule has 0 amide bonds. The third kappa shape index (κ3) is 37.3. The van der Waals surface area contributed by atoms with Crippen LogP contribution < -0.4 is 0 Å². The number of rotatable bonds is 20. The molecule has 0 radical (unpaired) electrons. The number of aliphatic hydroxyl groups excluding tert-OH is 2. The Bertz CT molecular complexity index is 168. The Kier molecular flexibility index (Phi) is 39.1. The zero-order valence-corrected chi connectivity index (χ0v) is 19.0. The summed E-state index contributed by atoms with van der Waals surface area (Å²) in [4.78, 5) is 0. The SMILES string of the molecule is CCCCCCCCCCCCO.CCCCCCCCCCCCO.O. The first-order valence-electron chi connectivity index (χ1n) is 12.0. The standard InChI is InChI=1S/2C12H26O.H2O/c2*1-2-3-4-5-6-7-8-9-10-11-12-13;/h2*13H,2-12H2,1H3;1H2. The number of hydrogen-bond acceptors (Lipinski definition) is 2. The van der Waals surface area contributed by atoms with Crippen molar-refractivity contribution in [2.24, 2.45) is 0 Å². The van der Waals surface area contributed by atoms with Gasteiger partial charge in [0, 0.05) is 13.2 Å². The van der Waals surface area contributed by atoms with E-state index in [9.17, 15) is 0 Å². The van der Waals surface area contributed by atoms with Gasteiger partial charge >= 0.3 is 0 Å². The second kappa shape index (κ2) is 33.5. The van der Waals surface area contributed by atoms with Crippen LogP contribution in [0.2, 0.25) is 0 Å². The van der Waals surface area contributed by atoms with Gasteiger partial charge in [0.1, 0.15) is 0 Å². The highest BCUT2D eigenvalue weighted by Crippen LogP contribution is 2.11. The van der Waals surface area contributed by atoms with E-state index in [4.69, 9.17) is 10.2 Å². The van der Waals surface area contributed by atoms with Crippen molar-refractivity contribution >= 4 is 0 Å². The van der Waals surface area contributed by atoms with Crippen LogP contribution in [0.4, 0.5) is 0 Å².